The first-order chi connectivity index (χ1) is 15.6. The van der Waals surface area contributed by atoms with Gasteiger partial charge in [-0.15, -0.1) is 0 Å². The van der Waals surface area contributed by atoms with Gasteiger partial charge in [0.1, 0.15) is 11.2 Å². The van der Waals surface area contributed by atoms with Gasteiger partial charge in [0, 0.05) is 17.6 Å². The predicted octanol–water partition coefficient (Wildman–Crippen LogP) is 4.48. The summed E-state index contributed by atoms with van der Waals surface area (Å²) in [5.74, 6) is -0.427. The summed E-state index contributed by atoms with van der Waals surface area (Å²) in [4.78, 5) is 29.0. The van der Waals surface area contributed by atoms with Crippen molar-refractivity contribution in [3.63, 3.8) is 0 Å². The smallest absolute Gasteiger partial charge is 0.277 e. The minimum atomic E-state index is -1.13. The zero-order valence-corrected chi connectivity index (χ0v) is 20.1. The van der Waals surface area contributed by atoms with Crippen LogP contribution in [0.2, 0.25) is 0 Å². The molecule has 0 aliphatic carbocycles. The Morgan fingerprint density at radius 2 is 1.73 bits per heavy atom. The van der Waals surface area contributed by atoms with Crippen LogP contribution in [-0.2, 0) is 29.7 Å². The quantitative estimate of drug-likeness (QED) is 0.631. The number of hydrogen-bond acceptors (Lipinski definition) is 3. The van der Waals surface area contributed by atoms with Gasteiger partial charge in [0.2, 0.25) is 5.91 Å². The summed E-state index contributed by atoms with van der Waals surface area (Å²) in [5.41, 5.74) is 2.90. The van der Waals surface area contributed by atoms with Crippen LogP contribution in [0, 0.1) is 0 Å². The number of benzene rings is 2. The van der Waals surface area contributed by atoms with E-state index in [-0.39, 0.29) is 23.8 Å². The van der Waals surface area contributed by atoms with E-state index in [0.717, 1.165) is 17.7 Å². The van der Waals surface area contributed by atoms with Crippen molar-refractivity contribution in [1.82, 2.24) is 15.1 Å². The van der Waals surface area contributed by atoms with Gasteiger partial charge in [-0.25, -0.2) is 0 Å². The fraction of sp³-hybridized carbons (Fsp3) is 0.370. The third kappa shape index (κ3) is 4.30. The Bertz CT molecular complexity index is 1160. The van der Waals surface area contributed by atoms with Crippen LogP contribution >= 0.6 is 0 Å². The summed E-state index contributed by atoms with van der Waals surface area (Å²) in [5, 5.41) is 7.76. The van der Waals surface area contributed by atoms with Crippen molar-refractivity contribution in [2.45, 2.75) is 65.1 Å². The third-order valence-electron chi connectivity index (χ3n) is 6.31. The van der Waals surface area contributed by atoms with Gasteiger partial charge >= 0.3 is 0 Å². The van der Waals surface area contributed by atoms with Gasteiger partial charge in [-0.1, -0.05) is 70.2 Å². The van der Waals surface area contributed by atoms with E-state index in [1.807, 2.05) is 67.6 Å². The van der Waals surface area contributed by atoms with Gasteiger partial charge in [-0.2, -0.15) is 5.10 Å². The lowest BCUT2D eigenvalue weighted by molar-refractivity contribution is -0.126. The van der Waals surface area contributed by atoms with Crippen LogP contribution in [0.3, 0.4) is 0 Å². The molecule has 172 valence electrons. The van der Waals surface area contributed by atoms with Gasteiger partial charge in [0.05, 0.1) is 12.2 Å². The molecule has 0 saturated heterocycles. The Labute approximate surface area is 195 Å². The van der Waals surface area contributed by atoms with Gasteiger partial charge in [0.25, 0.3) is 5.91 Å². The zero-order chi connectivity index (χ0) is 23.8. The first-order valence-corrected chi connectivity index (χ1v) is 11.5. The lowest BCUT2D eigenvalue weighted by Crippen LogP contribution is -2.64. The van der Waals surface area contributed by atoms with E-state index in [1.54, 1.807) is 9.58 Å². The Morgan fingerprint density at radius 1 is 1.06 bits per heavy atom. The largest absolute Gasteiger partial charge is 0.350 e. The number of amides is 2. The minimum Gasteiger partial charge on any atom is -0.350 e. The Morgan fingerprint density at radius 3 is 2.33 bits per heavy atom. The molecule has 1 aromatic heterocycles. The summed E-state index contributed by atoms with van der Waals surface area (Å²) in [6, 6.07) is 19.5. The number of aryl methyl sites for hydroxylation is 1. The number of hydrogen-bond donors (Lipinski definition) is 1. The van der Waals surface area contributed by atoms with Crippen LogP contribution in [-0.4, -0.2) is 27.1 Å². The van der Waals surface area contributed by atoms with Crippen molar-refractivity contribution in [3.05, 3.63) is 83.2 Å². The van der Waals surface area contributed by atoms with Crippen molar-refractivity contribution in [3.8, 4) is 0 Å². The number of aromatic nitrogens is 2. The maximum Gasteiger partial charge on any atom is 0.277 e. The molecule has 6 heteroatoms. The van der Waals surface area contributed by atoms with Crippen LogP contribution in [0.4, 0.5) is 5.69 Å². The highest BCUT2D eigenvalue weighted by Crippen LogP contribution is 2.34. The molecule has 2 heterocycles. The standard InChI is InChI=1S/C27H32N4O2/c1-6-19-12-14-21(15-13-19)31-24(32)22-16-23(26(2,3)4)29-30(22)18-27(31,5)25(33)28-17-20-10-8-7-9-11-20/h7-16H,6,17-18H2,1-5H3,(H,28,33)/t27-/m1/s1. The van der Waals surface area contributed by atoms with E-state index in [9.17, 15) is 9.59 Å². The molecular formula is C27H32N4O2. The molecule has 0 fully saturated rings. The van der Waals surface area contributed by atoms with E-state index < -0.39 is 5.54 Å². The van der Waals surface area contributed by atoms with Crippen molar-refractivity contribution in [2.24, 2.45) is 0 Å². The van der Waals surface area contributed by atoms with Crippen LogP contribution in [0.15, 0.2) is 60.7 Å². The topological polar surface area (TPSA) is 67.2 Å². The van der Waals surface area contributed by atoms with E-state index in [2.05, 4.69) is 33.0 Å². The highest BCUT2D eigenvalue weighted by atomic mass is 16.2. The molecule has 1 aliphatic rings. The molecule has 0 spiro atoms. The summed E-state index contributed by atoms with van der Waals surface area (Å²) in [6.07, 6.45) is 0.908. The van der Waals surface area contributed by atoms with Crippen molar-refractivity contribution in [1.29, 1.82) is 0 Å². The summed E-state index contributed by atoms with van der Waals surface area (Å²) in [6.45, 7) is 10.8. The van der Waals surface area contributed by atoms with E-state index in [0.29, 0.717) is 17.9 Å². The second-order valence-electron chi connectivity index (χ2n) is 9.93. The van der Waals surface area contributed by atoms with Gasteiger partial charge < -0.3 is 5.32 Å². The summed E-state index contributed by atoms with van der Waals surface area (Å²) >= 11 is 0. The molecular weight excluding hydrogens is 412 g/mol. The van der Waals surface area contributed by atoms with E-state index in [1.165, 1.54) is 5.56 Å². The molecule has 4 rings (SSSR count). The van der Waals surface area contributed by atoms with Gasteiger partial charge in [0.15, 0.2) is 0 Å². The minimum absolute atomic E-state index is 0.204. The Hall–Kier alpha value is -3.41. The van der Waals surface area contributed by atoms with E-state index >= 15 is 0 Å². The summed E-state index contributed by atoms with van der Waals surface area (Å²) in [7, 11) is 0. The maximum atomic E-state index is 13.8. The molecule has 33 heavy (non-hydrogen) atoms. The summed E-state index contributed by atoms with van der Waals surface area (Å²) < 4.78 is 1.70. The number of anilines is 1. The van der Waals surface area contributed by atoms with Crippen LogP contribution in [0.5, 0.6) is 0 Å². The number of rotatable bonds is 5. The number of carbonyl (C=O) groups is 2. The normalized spacial score (nSPS) is 18.2. The second-order valence-corrected chi connectivity index (χ2v) is 9.93. The number of nitrogens with zero attached hydrogens (tertiary/aromatic N) is 3. The SMILES string of the molecule is CCc1ccc(N2C(=O)c3cc(C(C)(C)C)nn3C[C@]2(C)C(=O)NCc2ccccc2)cc1. The van der Waals surface area contributed by atoms with Crippen molar-refractivity contribution in [2.75, 3.05) is 4.90 Å². The lowest BCUT2D eigenvalue weighted by Gasteiger charge is -2.43. The highest BCUT2D eigenvalue weighted by molar-refractivity contribution is 6.11. The third-order valence-corrected chi connectivity index (χ3v) is 6.31. The van der Waals surface area contributed by atoms with Gasteiger partial charge in [-0.05, 0) is 42.7 Å². The van der Waals surface area contributed by atoms with Crippen LogP contribution in [0.25, 0.3) is 0 Å². The Kier molecular flexibility index (Phi) is 5.87. The van der Waals surface area contributed by atoms with Crippen molar-refractivity contribution >= 4 is 17.5 Å². The average molecular weight is 445 g/mol. The first-order valence-electron chi connectivity index (χ1n) is 11.5. The molecule has 0 bridgehead atoms. The fourth-order valence-electron chi connectivity index (χ4n) is 4.20. The Balaban J connectivity index is 1.74. The molecule has 1 atom stereocenters. The number of nitrogens with one attached hydrogen (secondary N) is 1. The van der Waals surface area contributed by atoms with E-state index in [4.69, 9.17) is 5.10 Å². The average Bonchev–Trinajstić information content (AvgIpc) is 3.23. The fourth-order valence-corrected chi connectivity index (χ4v) is 4.20. The number of fused-ring (bicyclic) bond motifs is 1. The molecule has 6 nitrogen and oxygen atoms in total. The van der Waals surface area contributed by atoms with Crippen LogP contribution < -0.4 is 10.2 Å². The molecule has 1 aliphatic heterocycles. The maximum absolute atomic E-state index is 13.8. The molecule has 2 aromatic carbocycles. The molecule has 2 amide bonds. The molecule has 3 aromatic rings. The molecule has 0 saturated carbocycles. The second kappa shape index (κ2) is 8.50. The molecule has 0 radical (unpaired) electrons. The monoisotopic (exact) mass is 444 g/mol. The van der Waals surface area contributed by atoms with Crippen molar-refractivity contribution < 1.29 is 9.59 Å². The lowest BCUT2D eigenvalue weighted by atomic mass is 9.91. The first kappa shape index (κ1) is 22.8. The number of carbonyl (C=O) groups excluding carboxylic acids is 2. The molecule has 1 N–H and O–H groups in total. The van der Waals surface area contributed by atoms with Crippen LogP contribution in [0.1, 0.15) is 61.9 Å². The zero-order valence-electron chi connectivity index (χ0n) is 20.1. The highest BCUT2D eigenvalue weighted by Gasteiger charge is 2.49. The molecule has 0 unspecified atom stereocenters. The predicted molar refractivity (Wildman–Crippen MR) is 130 cm³/mol. The van der Waals surface area contributed by atoms with Gasteiger partial charge in [-0.3, -0.25) is 19.2 Å².